The van der Waals surface area contributed by atoms with Crippen LogP contribution in [0.1, 0.15) is 24.0 Å². The van der Waals surface area contributed by atoms with Crippen molar-refractivity contribution in [3.05, 3.63) is 77.7 Å². The van der Waals surface area contributed by atoms with Gasteiger partial charge in [0.2, 0.25) is 0 Å². The minimum atomic E-state index is -3.94. The van der Waals surface area contributed by atoms with Crippen molar-refractivity contribution < 1.29 is 22.2 Å². The highest BCUT2D eigenvalue weighted by atomic mass is 32.2. The van der Waals surface area contributed by atoms with Crippen LogP contribution in [0.4, 0.5) is 0 Å². The molecule has 1 heterocycles. The molecule has 0 aliphatic carbocycles. The van der Waals surface area contributed by atoms with Gasteiger partial charge in [-0.2, -0.15) is 13.5 Å². The van der Waals surface area contributed by atoms with Gasteiger partial charge >= 0.3 is 10.1 Å². The van der Waals surface area contributed by atoms with Gasteiger partial charge in [-0.1, -0.05) is 48.0 Å². The first kappa shape index (κ1) is 18.2. The van der Waals surface area contributed by atoms with Gasteiger partial charge in [-0.3, -0.25) is 9.63 Å². The molecule has 1 fully saturated rings. The molecule has 0 unspecified atom stereocenters. The first-order chi connectivity index (χ1) is 12.5. The van der Waals surface area contributed by atoms with Gasteiger partial charge in [0.1, 0.15) is 17.8 Å². The van der Waals surface area contributed by atoms with Crippen LogP contribution in [-0.4, -0.2) is 19.4 Å². The standard InChI is InChI=1S/C19H19NO5S/c1-15-7-10-18(11-8-15)26(22,23)25-14-17-9-12-19(21)20(17)24-13-16-5-3-2-4-6-16/h2-8,10-11,14H,9,12-13H2,1H3/b17-14+. The number of carbonyl (C=O) groups is 1. The summed E-state index contributed by atoms with van der Waals surface area (Å²) in [5, 5.41) is 1.11. The van der Waals surface area contributed by atoms with Crippen molar-refractivity contribution in [2.24, 2.45) is 0 Å². The smallest absolute Gasteiger partial charge is 0.338 e. The average Bonchev–Trinajstić information content (AvgIpc) is 2.99. The fourth-order valence-corrected chi connectivity index (χ4v) is 3.27. The van der Waals surface area contributed by atoms with E-state index < -0.39 is 10.1 Å². The van der Waals surface area contributed by atoms with E-state index in [2.05, 4.69) is 0 Å². The van der Waals surface area contributed by atoms with Crippen LogP contribution >= 0.6 is 0 Å². The third-order valence-corrected chi connectivity index (χ3v) is 5.11. The van der Waals surface area contributed by atoms with Gasteiger partial charge in [0, 0.05) is 12.8 Å². The molecule has 136 valence electrons. The molecule has 2 aromatic rings. The molecule has 0 aromatic heterocycles. The highest BCUT2D eigenvalue weighted by molar-refractivity contribution is 7.86. The molecule has 6 nitrogen and oxygen atoms in total. The van der Waals surface area contributed by atoms with Crippen molar-refractivity contribution in [3.63, 3.8) is 0 Å². The quantitative estimate of drug-likeness (QED) is 0.574. The van der Waals surface area contributed by atoms with E-state index in [4.69, 9.17) is 9.02 Å². The number of allylic oxidation sites excluding steroid dienone is 1. The summed E-state index contributed by atoms with van der Waals surface area (Å²) in [6.07, 6.45) is 1.68. The van der Waals surface area contributed by atoms with Crippen LogP contribution < -0.4 is 0 Å². The Balaban J connectivity index is 1.70. The number of hydroxylamine groups is 2. The summed E-state index contributed by atoms with van der Waals surface area (Å²) >= 11 is 0. The molecular weight excluding hydrogens is 354 g/mol. The third-order valence-electron chi connectivity index (χ3n) is 3.91. The molecule has 0 saturated carbocycles. The zero-order valence-corrected chi connectivity index (χ0v) is 15.1. The van der Waals surface area contributed by atoms with Crippen molar-refractivity contribution >= 4 is 16.0 Å². The fraction of sp³-hybridized carbons (Fsp3) is 0.211. The van der Waals surface area contributed by atoms with Crippen LogP contribution in [0.2, 0.25) is 0 Å². The minimum Gasteiger partial charge on any atom is -0.385 e. The lowest BCUT2D eigenvalue weighted by atomic mass is 10.2. The van der Waals surface area contributed by atoms with Crippen LogP contribution in [0.3, 0.4) is 0 Å². The normalized spacial score (nSPS) is 16.3. The third kappa shape index (κ3) is 4.30. The van der Waals surface area contributed by atoms with E-state index in [-0.39, 0.29) is 23.8 Å². The number of amides is 1. The Bertz CT molecular complexity index is 905. The monoisotopic (exact) mass is 373 g/mol. The Labute approximate surface area is 152 Å². The molecule has 1 saturated heterocycles. The number of aryl methyl sites for hydroxylation is 1. The van der Waals surface area contributed by atoms with Crippen molar-refractivity contribution in [3.8, 4) is 0 Å². The lowest BCUT2D eigenvalue weighted by Crippen LogP contribution is -2.23. The zero-order chi connectivity index (χ0) is 18.6. The minimum absolute atomic E-state index is 0.0565. The van der Waals surface area contributed by atoms with Crippen LogP contribution in [-0.2, 0) is 30.5 Å². The van der Waals surface area contributed by atoms with Crippen LogP contribution in [0.25, 0.3) is 0 Å². The Morgan fingerprint density at radius 2 is 1.73 bits per heavy atom. The SMILES string of the molecule is Cc1ccc(S(=O)(=O)O/C=C2\CCC(=O)N2OCc2ccccc2)cc1. The van der Waals surface area contributed by atoms with Gasteiger partial charge in [-0.05, 0) is 24.6 Å². The maximum Gasteiger partial charge on any atom is 0.338 e. The predicted octanol–water partition coefficient (Wildman–Crippen LogP) is 3.30. The molecule has 0 bridgehead atoms. The number of carbonyl (C=O) groups excluding carboxylic acids is 1. The Kier molecular flexibility index (Phi) is 5.39. The number of hydrogen-bond acceptors (Lipinski definition) is 5. The molecule has 0 N–H and O–H groups in total. The van der Waals surface area contributed by atoms with Crippen LogP contribution in [0, 0.1) is 6.92 Å². The van der Waals surface area contributed by atoms with Gasteiger partial charge in [0.15, 0.2) is 0 Å². The second-order valence-electron chi connectivity index (χ2n) is 5.92. The number of benzene rings is 2. The molecule has 26 heavy (non-hydrogen) atoms. The molecule has 0 radical (unpaired) electrons. The zero-order valence-electron chi connectivity index (χ0n) is 14.3. The Morgan fingerprint density at radius 1 is 1.04 bits per heavy atom. The topological polar surface area (TPSA) is 72.9 Å². The predicted molar refractivity (Wildman–Crippen MR) is 94.8 cm³/mol. The maximum atomic E-state index is 12.3. The van der Waals surface area contributed by atoms with E-state index >= 15 is 0 Å². The molecule has 1 aliphatic rings. The largest absolute Gasteiger partial charge is 0.385 e. The number of rotatable bonds is 6. The molecule has 1 aliphatic heterocycles. The summed E-state index contributed by atoms with van der Waals surface area (Å²) in [7, 11) is -3.94. The van der Waals surface area contributed by atoms with Gasteiger partial charge in [-0.25, -0.2) is 0 Å². The van der Waals surface area contributed by atoms with Crippen LogP contribution in [0.5, 0.6) is 0 Å². The number of hydrogen-bond donors (Lipinski definition) is 0. The number of nitrogens with zero attached hydrogens (tertiary/aromatic N) is 1. The van der Waals surface area contributed by atoms with E-state index in [1.807, 2.05) is 37.3 Å². The van der Waals surface area contributed by atoms with E-state index in [9.17, 15) is 13.2 Å². The molecule has 3 rings (SSSR count). The van der Waals surface area contributed by atoms with Crippen molar-refractivity contribution in [2.75, 3.05) is 0 Å². The Hall–Kier alpha value is -2.64. The first-order valence-electron chi connectivity index (χ1n) is 8.14. The summed E-state index contributed by atoms with van der Waals surface area (Å²) < 4.78 is 29.5. The van der Waals surface area contributed by atoms with Gasteiger partial charge in [-0.15, -0.1) is 0 Å². The lowest BCUT2D eigenvalue weighted by Gasteiger charge is -2.17. The molecule has 0 atom stereocenters. The van der Waals surface area contributed by atoms with Crippen molar-refractivity contribution in [1.29, 1.82) is 0 Å². The van der Waals surface area contributed by atoms with E-state index in [0.717, 1.165) is 22.5 Å². The fourth-order valence-electron chi connectivity index (χ4n) is 2.45. The first-order valence-corrected chi connectivity index (χ1v) is 9.55. The lowest BCUT2D eigenvalue weighted by molar-refractivity contribution is -0.172. The summed E-state index contributed by atoms with van der Waals surface area (Å²) in [5.41, 5.74) is 2.23. The van der Waals surface area contributed by atoms with Gasteiger partial charge in [0.05, 0.1) is 5.70 Å². The second-order valence-corrected chi connectivity index (χ2v) is 7.49. The van der Waals surface area contributed by atoms with Gasteiger partial charge in [0.25, 0.3) is 5.91 Å². The van der Waals surface area contributed by atoms with Crippen molar-refractivity contribution in [1.82, 2.24) is 5.06 Å². The molecule has 1 amide bonds. The highest BCUT2D eigenvalue weighted by Crippen LogP contribution is 2.25. The van der Waals surface area contributed by atoms with E-state index in [1.54, 1.807) is 12.1 Å². The van der Waals surface area contributed by atoms with E-state index in [0.29, 0.717) is 12.1 Å². The molecule has 0 spiro atoms. The Morgan fingerprint density at radius 3 is 2.42 bits per heavy atom. The van der Waals surface area contributed by atoms with Gasteiger partial charge < -0.3 is 4.18 Å². The maximum absolute atomic E-state index is 12.3. The van der Waals surface area contributed by atoms with Crippen LogP contribution in [0.15, 0.2) is 71.5 Å². The van der Waals surface area contributed by atoms with Crippen molar-refractivity contribution in [2.45, 2.75) is 31.3 Å². The molecule has 2 aromatic carbocycles. The van der Waals surface area contributed by atoms with E-state index in [1.165, 1.54) is 12.1 Å². The summed E-state index contributed by atoms with van der Waals surface area (Å²) in [4.78, 5) is 17.6. The summed E-state index contributed by atoms with van der Waals surface area (Å²) in [6, 6.07) is 15.7. The average molecular weight is 373 g/mol. The molecular formula is C19H19NO5S. The molecule has 7 heteroatoms. The summed E-state index contributed by atoms with van der Waals surface area (Å²) in [5.74, 6) is -0.233. The second kappa shape index (κ2) is 7.72. The summed E-state index contributed by atoms with van der Waals surface area (Å²) in [6.45, 7) is 2.07. The highest BCUT2D eigenvalue weighted by Gasteiger charge is 2.28.